The number of aromatic hydroxyl groups is 1. The number of benzene rings is 1. The molecule has 0 amide bonds. The van der Waals surface area contributed by atoms with Gasteiger partial charge in [-0.3, -0.25) is 0 Å². The maximum Gasteiger partial charge on any atom is 0.229 e. The summed E-state index contributed by atoms with van der Waals surface area (Å²) in [6.07, 6.45) is 3.10. The van der Waals surface area contributed by atoms with Crippen LogP contribution in [0.2, 0.25) is 0 Å². The van der Waals surface area contributed by atoms with Crippen LogP contribution in [0.15, 0.2) is 36.8 Å². The SMILES string of the molecule is COc1ccc(-n2cnc(O)c2)cc1. The molecule has 1 N–H and O–H groups in total. The summed E-state index contributed by atoms with van der Waals surface area (Å²) in [4.78, 5) is 3.72. The van der Waals surface area contributed by atoms with Gasteiger partial charge in [-0.25, -0.2) is 4.98 Å². The molecule has 72 valence electrons. The van der Waals surface area contributed by atoms with Crippen LogP contribution < -0.4 is 4.74 Å². The van der Waals surface area contributed by atoms with Gasteiger partial charge in [0.2, 0.25) is 5.88 Å². The van der Waals surface area contributed by atoms with E-state index in [0.29, 0.717) is 0 Å². The summed E-state index contributed by atoms with van der Waals surface area (Å²) < 4.78 is 6.77. The molecule has 2 rings (SSSR count). The van der Waals surface area contributed by atoms with Crippen LogP contribution >= 0.6 is 0 Å². The van der Waals surface area contributed by atoms with Gasteiger partial charge in [0.15, 0.2) is 0 Å². The minimum atomic E-state index is 0.0146. The third kappa shape index (κ3) is 1.54. The molecular weight excluding hydrogens is 180 g/mol. The van der Waals surface area contributed by atoms with Crippen molar-refractivity contribution in [3.05, 3.63) is 36.8 Å². The number of aromatic nitrogens is 2. The summed E-state index contributed by atoms with van der Waals surface area (Å²) in [5.74, 6) is 0.818. The molecule has 1 aromatic carbocycles. The van der Waals surface area contributed by atoms with Crippen molar-refractivity contribution < 1.29 is 9.84 Å². The molecular formula is C10H10N2O2. The molecule has 2 aromatic rings. The molecule has 0 saturated carbocycles. The fourth-order valence-electron chi connectivity index (χ4n) is 1.21. The summed E-state index contributed by atoms with van der Waals surface area (Å²) in [7, 11) is 1.62. The molecule has 14 heavy (non-hydrogen) atoms. The Kier molecular flexibility index (Phi) is 2.10. The highest BCUT2D eigenvalue weighted by Gasteiger charge is 1.98. The van der Waals surface area contributed by atoms with Gasteiger partial charge in [-0.05, 0) is 24.3 Å². The van der Waals surface area contributed by atoms with Gasteiger partial charge in [0.25, 0.3) is 0 Å². The number of hydrogen-bond donors (Lipinski definition) is 1. The standard InChI is InChI=1S/C10H10N2O2/c1-14-9-4-2-8(3-5-9)12-6-10(13)11-7-12/h2-7,13H,1H3. The van der Waals surface area contributed by atoms with Crippen molar-refractivity contribution in [2.75, 3.05) is 7.11 Å². The first kappa shape index (κ1) is 8.62. The van der Waals surface area contributed by atoms with Crippen molar-refractivity contribution >= 4 is 0 Å². The fourth-order valence-corrected chi connectivity index (χ4v) is 1.21. The highest BCUT2D eigenvalue weighted by atomic mass is 16.5. The Morgan fingerprint density at radius 2 is 2.00 bits per heavy atom. The van der Waals surface area contributed by atoms with Crippen molar-refractivity contribution in [3.63, 3.8) is 0 Å². The van der Waals surface area contributed by atoms with E-state index in [4.69, 9.17) is 9.84 Å². The van der Waals surface area contributed by atoms with Crippen LogP contribution in [0.4, 0.5) is 0 Å². The smallest absolute Gasteiger partial charge is 0.229 e. The quantitative estimate of drug-likeness (QED) is 0.782. The second-order valence-corrected chi connectivity index (χ2v) is 2.84. The monoisotopic (exact) mass is 190 g/mol. The molecule has 1 aromatic heterocycles. The first-order chi connectivity index (χ1) is 6.79. The lowest BCUT2D eigenvalue weighted by Crippen LogP contribution is -1.89. The average Bonchev–Trinajstić information content (AvgIpc) is 2.65. The Labute approximate surface area is 81.4 Å². The molecule has 0 aliphatic carbocycles. The van der Waals surface area contributed by atoms with E-state index < -0.39 is 0 Å². The number of methoxy groups -OCH3 is 1. The van der Waals surface area contributed by atoms with E-state index in [0.717, 1.165) is 11.4 Å². The average molecular weight is 190 g/mol. The zero-order valence-corrected chi connectivity index (χ0v) is 7.71. The van der Waals surface area contributed by atoms with E-state index in [9.17, 15) is 0 Å². The van der Waals surface area contributed by atoms with E-state index in [1.807, 2.05) is 24.3 Å². The van der Waals surface area contributed by atoms with Gasteiger partial charge in [-0.15, -0.1) is 0 Å². The van der Waals surface area contributed by atoms with Gasteiger partial charge in [0, 0.05) is 5.69 Å². The molecule has 0 aliphatic heterocycles. The van der Waals surface area contributed by atoms with E-state index in [-0.39, 0.29) is 5.88 Å². The topological polar surface area (TPSA) is 47.3 Å². The number of ether oxygens (including phenoxy) is 1. The second kappa shape index (κ2) is 3.41. The van der Waals surface area contributed by atoms with Crippen LogP contribution in [0.5, 0.6) is 11.6 Å². The zero-order chi connectivity index (χ0) is 9.97. The van der Waals surface area contributed by atoms with Gasteiger partial charge in [-0.2, -0.15) is 0 Å². The fraction of sp³-hybridized carbons (Fsp3) is 0.100. The summed E-state index contributed by atoms with van der Waals surface area (Å²) in [6.45, 7) is 0. The Bertz CT molecular complexity index is 420. The number of nitrogens with zero attached hydrogens (tertiary/aromatic N) is 2. The molecule has 0 bridgehead atoms. The van der Waals surface area contributed by atoms with Crippen LogP contribution in [-0.4, -0.2) is 21.8 Å². The zero-order valence-electron chi connectivity index (χ0n) is 7.71. The van der Waals surface area contributed by atoms with Crippen LogP contribution in [0.25, 0.3) is 5.69 Å². The summed E-state index contributed by atoms with van der Waals surface area (Å²) in [5.41, 5.74) is 0.929. The molecule has 0 unspecified atom stereocenters. The summed E-state index contributed by atoms with van der Waals surface area (Å²) in [6, 6.07) is 7.48. The molecule has 0 fully saturated rings. The highest BCUT2D eigenvalue weighted by Crippen LogP contribution is 2.16. The predicted molar refractivity (Wildman–Crippen MR) is 51.8 cm³/mol. The van der Waals surface area contributed by atoms with Crippen LogP contribution in [-0.2, 0) is 0 Å². The van der Waals surface area contributed by atoms with Gasteiger partial charge < -0.3 is 14.4 Å². The molecule has 0 atom stereocenters. The first-order valence-electron chi connectivity index (χ1n) is 4.17. The first-order valence-corrected chi connectivity index (χ1v) is 4.17. The maximum atomic E-state index is 9.06. The van der Waals surface area contributed by atoms with Gasteiger partial charge in [-0.1, -0.05) is 0 Å². The van der Waals surface area contributed by atoms with Crippen molar-refractivity contribution in [1.82, 2.24) is 9.55 Å². The van der Waals surface area contributed by atoms with E-state index >= 15 is 0 Å². The van der Waals surface area contributed by atoms with Crippen molar-refractivity contribution in [2.45, 2.75) is 0 Å². The minimum absolute atomic E-state index is 0.0146. The highest BCUT2D eigenvalue weighted by molar-refractivity contribution is 5.37. The van der Waals surface area contributed by atoms with Crippen LogP contribution in [0.3, 0.4) is 0 Å². The van der Waals surface area contributed by atoms with E-state index in [1.54, 1.807) is 24.2 Å². The molecule has 0 aliphatic rings. The summed E-state index contributed by atoms with van der Waals surface area (Å²) >= 11 is 0. The lowest BCUT2D eigenvalue weighted by atomic mass is 10.3. The van der Waals surface area contributed by atoms with Gasteiger partial charge >= 0.3 is 0 Å². The normalized spacial score (nSPS) is 10.1. The summed E-state index contributed by atoms with van der Waals surface area (Å²) in [5, 5.41) is 9.06. The number of rotatable bonds is 2. The van der Waals surface area contributed by atoms with E-state index in [1.165, 1.54) is 0 Å². The minimum Gasteiger partial charge on any atom is -0.497 e. The molecule has 1 heterocycles. The largest absolute Gasteiger partial charge is 0.497 e. The molecule has 4 heteroatoms. The van der Waals surface area contributed by atoms with Crippen LogP contribution in [0.1, 0.15) is 0 Å². The van der Waals surface area contributed by atoms with Crippen LogP contribution in [0, 0.1) is 0 Å². The Morgan fingerprint density at radius 1 is 1.29 bits per heavy atom. The second-order valence-electron chi connectivity index (χ2n) is 2.84. The Morgan fingerprint density at radius 3 is 2.50 bits per heavy atom. The number of imidazole rings is 1. The van der Waals surface area contributed by atoms with Crippen molar-refractivity contribution in [3.8, 4) is 17.3 Å². The van der Waals surface area contributed by atoms with Gasteiger partial charge in [0.05, 0.1) is 13.3 Å². The lowest BCUT2D eigenvalue weighted by molar-refractivity contribution is 0.414. The van der Waals surface area contributed by atoms with Crippen molar-refractivity contribution in [1.29, 1.82) is 0 Å². The van der Waals surface area contributed by atoms with Gasteiger partial charge in [0.1, 0.15) is 12.1 Å². The predicted octanol–water partition coefficient (Wildman–Crippen LogP) is 1.59. The molecule has 0 saturated heterocycles. The Balaban J connectivity index is 2.33. The Hall–Kier alpha value is -1.97. The molecule has 0 spiro atoms. The van der Waals surface area contributed by atoms with Crippen molar-refractivity contribution in [2.24, 2.45) is 0 Å². The third-order valence-corrected chi connectivity index (χ3v) is 1.94. The number of hydrogen-bond acceptors (Lipinski definition) is 3. The third-order valence-electron chi connectivity index (χ3n) is 1.94. The molecule has 4 nitrogen and oxygen atoms in total. The maximum absolute atomic E-state index is 9.06. The molecule has 0 radical (unpaired) electrons. The van der Waals surface area contributed by atoms with E-state index in [2.05, 4.69) is 4.98 Å². The lowest BCUT2D eigenvalue weighted by Gasteiger charge is -2.02.